The molecule has 0 bridgehead atoms. The minimum atomic E-state index is -0.699. The van der Waals surface area contributed by atoms with E-state index < -0.39 is 6.04 Å². The van der Waals surface area contributed by atoms with Crippen LogP contribution in [0.1, 0.15) is 18.1 Å². The number of hydrogen-bond acceptors (Lipinski definition) is 6. The van der Waals surface area contributed by atoms with Crippen molar-refractivity contribution in [2.75, 3.05) is 18.4 Å². The zero-order valence-electron chi connectivity index (χ0n) is 13.5. The fraction of sp³-hybridized carbons (Fsp3) is 0.312. The second-order valence-corrected chi connectivity index (χ2v) is 6.03. The molecule has 2 aromatic rings. The molecule has 0 fully saturated rings. The molecule has 0 radical (unpaired) electrons. The first-order chi connectivity index (χ1) is 12.0. The smallest absolute Gasteiger partial charge is 0.257 e. The molecule has 3 rings (SSSR count). The minimum absolute atomic E-state index is 0.0241. The maximum Gasteiger partial charge on any atom is 0.257 e. The molecule has 130 valence electrons. The van der Waals surface area contributed by atoms with Crippen LogP contribution in [0.2, 0.25) is 0 Å². The molecule has 1 aromatic heterocycles. The monoisotopic (exact) mass is 359 g/mol. The Hall–Kier alpha value is -2.81. The van der Waals surface area contributed by atoms with Gasteiger partial charge in [-0.25, -0.2) is 9.55 Å². The van der Waals surface area contributed by atoms with E-state index in [9.17, 15) is 14.4 Å². The largest absolute Gasteiger partial charge is 0.358 e. The van der Waals surface area contributed by atoms with Gasteiger partial charge >= 0.3 is 0 Å². The van der Waals surface area contributed by atoms with E-state index in [1.807, 2.05) is 24.3 Å². The van der Waals surface area contributed by atoms with Crippen LogP contribution in [-0.4, -0.2) is 46.4 Å². The van der Waals surface area contributed by atoms with Crippen molar-refractivity contribution in [3.05, 3.63) is 29.0 Å². The molecule has 8 nitrogen and oxygen atoms in total. The summed E-state index contributed by atoms with van der Waals surface area (Å²) in [5, 5.41) is 9.11. The molecule has 1 aliphatic rings. The van der Waals surface area contributed by atoms with Gasteiger partial charge < -0.3 is 16.0 Å². The lowest BCUT2D eigenvalue weighted by atomic mass is 10.2. The molecule has 9 heteroatoms. The van der Waals surface area contributed by atoms with Crippen molar-refractivity contribution in [1.29, 1.82) is 0 Å². The second kappa shape index (κ2) is 6.98. The van der Waals surface area contributed by atoms with Crippen LogP contribution in [0.25, 0.3) is 10.9 Å². The number of para-hydroxylation sites is 1. The van der Waals surface area contributed by atoms with Crippen LogP contribution in [0.15, 0.2) is 24.3 Å². The fourth-order valence-corrected chi connectivity index (χ4v) is 2.99. The topological polar surface area (TPSA) is 105 Å². The molecule has 2 amide bonds. The lowest BCUT2D eigenvalue weighted by Gasteiger charge is -2.10. The highest BCUT2D eigenvalue weighted by Crippen LogP contribution is 2.28. The molecule has 0 spiro atoms. The molecule has 2 heterocycles. The Bertz CT molecular complexity index is 924. The van der Waals surface area contributed by atoms with E-state index in [1.54, 1.807) is 0 Å². The van der Waals surface area contributed by atoms with Crippen LogP contribution in [-0.2, 0) is 9.59 Å². The van der Waals surface area contributed by atoms with E-state index in [4.69, 9.17) is 12.2 Å². The van der Waals surface area contributed by atoms with E-state index in [1.165, 1.54) is 11.5 Å². The molecule has 3 N–H and O–H groups in total. The summed E-state index contributed by atoms with van der Waals surface area (Å²) in [5.41, 5.74) is 0.694. The SMILES string of the molecule is CC(=O)NCCNC(=O)CC1Nc2c3ccccc3nc(=S)n2C1=O. The van der Waals surface area contributed by atoms with Crippen LogP contribution in [0.3, 0.4) is 0 Å². The molecular formula is C16H17N5O3S. The van der Waals surface area contributed by atoms with Crippen LogP contribution in [0, 0.1) is 4.77 Å². The number of carbonyl (C=O) groups is 3. The van der Waals surface area contributed by atoms with E-state index in [-0.39, 0.29) is 28.9 Å². The predicted molar refractivity (Wildman–Crippen MR) is 94.9 cm³/mol. The first-order valence-electron chi connectivity index (χ1n) is 7.81. The summed E-state index contributed by atoms with van der Waals surface area (Å²) in [5.74, 6) is -0.175. The lowest BCUT2D eigenvalue weighted by Crippen LogP contribution is -2.37. The molecule has 0 aliphatic carbocycles. The van der Waals surface area contributed by atoms with Crippen molar-refractivity contribution in [2.45, 2.75) is 19.4 Å². The van der Waals surface area contributed by atoms with Gasteiger partial charge in [0.1, 0.15) is 11.9 Å². The number of hydrogen-bond donors (Lipinski definition) is 3. The Morgan fingerprint density at radius 2 is 2.00 bits per heavy atom. The van der Waals surface area contributed by atoms with E-state index >= 15 is 0 Å². The highest BCUT2D eigenvalue weighted by atomic mass is 32.1. The Morgan fingerprint density at radius 1 is 1.28 bits per heavy atom. The summed E-state index contributed by atoms with van der Waals surface area (Å²) in [6.07, 6.45) is -0.0241. The fourth-order valence-electron chi connectivity index (χ4n) is 2.71. The second-order valence-electron chi connectivity index (χ2n) is 5.67. The van der Waals surface area contributed by atoms with Gasteiger partial charge in [-0.1, -0.05) is 12.1 Å². The summed E-state index contributed by atoms with van der Waals surface area (Å²) in [7, 11) is 0. The van der Waals surface area contributed by atoms with E-state index in [2.05, 4.69) is 20.9 Å². The standard InChI is InChI=1S/C16H17N5O3S/c1-9(22)17-6-7-18-13(23)8-12-15(24)21-14(19-12)10-4-2-3-5-11(10)20-16(21)25/h2-5,12,19H,6-8H2,1H3,(H,17,22)(H,18,23). The molecule has 1 aliphatic heterocycles. The Morgan fingerprint density at radius 3 is 2.76 bits per heavy atom. The Kier molecular flexibility index (Phi) is 4.75. The summed E-state index contributed by atoms with van der Waals surface area (Å²) < 4.78 is 1.51. The van der Waals surface area contributed by atoms with Crippen molar-refractivity contribution < 1.29 is 14.4 Å². The molecule has 25 heavy (non-hydrogen) atoms. The first kappa shape index (κ1) is 17.0. The third-order valence-electron chi connectivity index (χ3n) is 3.83. The van der Waals surface area contributed by atoms with Gasteiger partial charge in [0, 0.05) is 25.4 Å². The molecular weight excluding hydrogens is 342 g/mol. The van der Waals surface area contributed by atoms with Gasteiger partial charge in [0.05, 0.1) is 11.9 Å². The average Bonchev–Trinajstić information content (AvgIpc) is 2.89. The normalized spacial score (nSPS) is 15.6. The lowest BCUT2D eigenvalue weighted by molar-refractivity contribution is -0.122. The Balaban J connectivity index is 1.71. The van der Waals surface area contributed by atoms with Crippen LogP contribution < -0.4 is 16.0 Å². The molecule has 0 saturated heterocycles. The van der Waals surface area contributed by atoms with Gasteiger partial charge in [-0.3, -0.25) is 14.4 Å². The number of benzene rings is 1. The molecule has 0 saturated carbocycles. The molecule has 1 aromatic carbocycles. The summed E-state index contributed by atoms with van der Waals surface area (Å²) in [6.45, 7) is 2.05. The quantitative estimate of drug-likeness (QED) is 0.540. The van der Waals surface area contributed by atoms with Gasteiger partial charge in [-0.2, -0.15) is 0 Å². The number of carbonyl (C=O) groups excluding carboxylic acids is 3. The Labute approximate surface area is 148 Å². The molecule has 1 atom stereocenters. The number of nitrogens with one attached hydrogen (secondary N) is 3. The van der Waals surface area contributed by atoms with Gasteiger partial charge in [-0.05, 0) is 24.4 Å². The number of fused-ring (bicyclic) bond motifs is 3. The molecule has 1 unspecified atom stereocenters. The van der Waals surface area contributed by atoms with Crippen molar-refractivity contribution >= 4 is 46.7 Å². The third-order valence-corrected chi connectivity index (χ3v) is 4.10. The zero-order valence-corrected chi connectivity index (χ0v) is 14.4. The number of aromatic nitrogens is 2. The minimum Gasteiger partial charge on any atom is -0.358 e. The average molecular weight is 359 g/mol. The van der Waals surface area contributed by atoms with Crippen molar-refractivity contribution in [3.8, 4) is 0 Å². The van der Waals surface area contributed by atoms with Gasteiger partial charge in [0.25, 0.3) is 5.91 Å². The maximum atomic E-state index is 12.6. The van der Waals surface area contributed by atoms with Gasteiger partial charge in [0.15, 0.2) is 0 Å². The summed E-state index contributed by atoms with van der Waals surface area (Å²) >= 11 is 5.21. The third kappa shape index (κ3) is 3.50. The first-order valence-corrected chi connectivity index (χ1v) is 8.22. The van der Waals surface area contributed by atoms with Crippen LogP contribution in [0.4, 0.5) is 5.82 Å². The summed E-state index contributed by atoms with van der Waals surface area (Å²) in [6, 6.07) is 6.66. The van der Waals surface area contributed by atoms with Crippen LogP contribution in [0.5, 0.6) is 0 Å². The summed E-state index contributed by atoms with van der Waals surface area (Å²) in [4.78, 5) is 39.6. The zero-order chi connectivity index (χ0) is 18.0. The van der Waals surface area contributed by atoms with E-state index in [0.717, 1.165) is 5.39 Å². The highest BCUT2D eigenvalue weighted by molar-refractivity contribution is 7.71. The highest BCUT2D eigenvalue weighted by Gasteiger charge is 2.33. The van der Waals surface area contributed by atoms with Gasteiger partial charge in [0.2, 0.25) is 16.6 Å². The number of rotatable bonds is 5. The number of amides is 2. The number of nitrogens with zero attached hydrogens (tertiary/aromatic N) is 2. The van der Waals surface area contributed by atoms with E-state index in [0.29, 0.717) is 24.4 Å². The van der Waals surface area contributed by atoms with Crippen LogP contribution >= 0.6 is 12.2 Å². The van der Waals surface area contributed by atoms with Crippen molar-refractivity contribution in [2.24, 2.45) is 0 Å². The predicted octanol–water partition coefficient (Wildman–Crippen LogP) is 0.842. The van der Waals surface area contributed by atoms with Gasteiger partial charge in [-0.15, -0.1) is 0 Å². The number of anilines is 1. The maximum absolute atomic E-state index is 12.6. The van der Waals surface area contributed by atoms with Crippen molar-refractivity contribution in [1.82, 2.24) is 20.2 Å². The van der Waals surface area contributed by atoms with Crippen molar-refractivity contribution in [3.63, 3.8) is 0 Å².